The van der Waals surface area contributed by atoms with Crippen LogP contribution in [-0.4, -0.2) is 37.2 Å². The van der Waals surface area contributed by atoms with Gasteiger partial charge >= 0.3 is 17.9 Å². The lowest BCUT2D eigenvalue weighted by molar-refractivity contribution is -0.167. The monoisotopic (exact) mass is 1150 g/mol. The molecule has 0 aromatic rings. The van der Waals surface area contributed by atoms with Gasteiger partial charge in [0.25, 0.3) is 0 Å². The van der Waals surface area contributed by atoms with Gasteiger partial charge in [-0.3, -0.25) is 14.4 Å². The van der Waals surface area contributed by atoms with Crippen LogP contribution in [0.1, 0.15) is 412 Å². The van der Waals surface area contributed by atoms with Crippen LogP contribution < -0.4 is 0 Å². The van der Waals surface area contributed by atoms with Gasteiger partial charge in [0.05, 0.1) is 0 Å². The first-order valence-electron chi connectivity index (χ1n) is 37.0. The highest BCUT2D eigenvalue weighted by molar-refractivity contribution is 5.71. The van der Waals surface area contributed by atoms with Gasteiger partial charge in [0.1, 0.15) is 13.2 Å². The molecule has 0 aromatic heterocycles. The fourth-order valence-electron chi connectivity index (χ4n) is 11.3. The number of carbonyl (C=O) groups excluding carboxylic acids is 3. The van der Waals surface area contributed by atoms with Crippen molar-refractivity contribution in [2.45, 2.75) is 419 Å². The molecule has 0 spiro atoms. The zero-order chi connectivity index (χ0) is 59.2. The minimum atomic E-state index is -0.770. The zero-order valence-corrected chi connectivity index (χ0v) is 55.5. The summed E-state index contributed by atoms with van der Waals surface area (Å²) in [5.74, 6) is -0.857. The molecule has 0 aliphatic rings. The van der Waals surface area contributed by atoms with Crippen LogP contribution in [0.2, 0.25) is 0 Å². The number of hydrogen-bond acceptors (Lipinski definition) is 6. The van der Waals surface area contributed by atoms with Crippen molar-refractivity contribution in [1.82, 2.24) is 0 Å². The number of esters is 3. The Morgan fingerprint density at radius 2 is 0.439 bits per heavy atom. The summed E-state index contributed by atoms with van der Waals surface area (Å²) in [6.07, 6.45) is 89.6. The lowest BCUT2D eigenvalue weighted by Crippen LogP contribution is -2.30. The second-order valence-electron chi connectivity index (χ2n) is 25.2. The molecule has 1 unspecified atom stereocenters. The highest BCUT2D eigenvalue weighted by atomic mass is 16.6. The Bertz CT molecular complexity index is 1370. The topological polar surface area (TPSA) is 78.9 Å². The number of ether oxygens (including phenoxy) is 3. The highest BCUT2D eigenvalue weighted by Crippen LogP contribution is 2.19. The Morgan fingerprint density at radius 3 is 0.683 bits per heavy atom. The largest absolute Gasteiger partial charge is 0.462 e. The molecule has 0 saturated carbocycles. The van der Waals surface area contributed by atoms with Crippen molar-refractivity contribution in [2.24, 2.45) is 0 Å². The SMILES string of the molecule is CCCCCCC/C=C\C/C=C\C/C=C\CCCCCCCCCCCCC(=O)OC(COC(=O)CCCCCCCC)COC(=O)CCCCCCCCCCCCCCCCCCCCCCCCCCCCCCCCCCC. The van der Waals surface area contributed by atoms with E-state index in [1.54, 1.807) is 0 Å². The molecule has 0 bridgehead atoms. The molecular formula is C76H142O6. The first kappa shape index (κ1) is 79.6. The van der Waals surface area contributed by atoms with Crippen molar-refractivity contribution < 1.29 is 28.6 Å². The molecule has 0 fully saturated rings. The molecule has 0 aliphatic heterocycles. The van der Waals surface area contributed by atoms with E-state index < -0.39 is 6.10 Å². The number of unbranched alkanes of at least 4 members (excludes halogenated alkanes) is 52. The third-order valence-corrected chi connectivity index (χ3v) is 16.9. The lowest BCUT2D eigenvalue weighted by atomic mass is 10.0. The Labute approximate surface area is 512 Å². The molecule has 82 heavy (non-hydrogen) atoms. The van der Waals surface area contributed by atoms with E-state index in [-0.39, 0.29) is 31.1 Å². The quantitative estimate of drug-likeness (QED) is 0.0261. The molecule has 0 saturated heterocycles. The van der Waals surface area contributed by atoms with Gasteiger partial charge in [-0.15, -0.1) is 0 Å². The van der Waals surface area contributed by atoms with E-state index in [2.05, 4.69) is 57.2 Å². The fraction of sp³-hybridized carbons (Fsp3) is 0.882. The van der Waals surface area contributed by atoms with Crippen LogP contribution in [0.5, 0.6) is 0 Å². The van der Waals surface area contributed by atoms with Crippen LogP contribution in [0.15, 0.2) is 36.5 Å². The predicted molar refractivity (Wildman–Crippen MR) is 358 cm³/mol. The van der Waals surface area contributed by atoms with Crippen molar-refractivity contribution >= 4 is 17.9 Å². The van der Waals surface area contributed by atoms with Crippen LogP contribution in [0.4, 0.5) is 0 Å². The second-order valence-corrected chi connectivity index (χ2v) is 25.2. The summed E-state index contributed by atoms with van der Waals surface area (Å²) in [4.78, 5) is 38.1. The van der Waals surface area contributed by atoms with E-state index in [1.807, 2.05) is 0 Å². The van der Waals surface area contributed by atoms with Crippen molar-refractivity contribution in [2.75, 3.05) is 13.2 Å². The van der Waals surface area contributed by atoms with E-state index in [4.69, 9.17) is 14.2 Å². The Hall–Kier alpha value is -2.37. The minimum Gasteiger partial charge on any atom is -0.462 e. The number of hydrogen-bond donors (Lipinski definition) is 0. The van der Waals surface area contributed by atoms with Gasteiger partial charge in [0, 0.05) is 19.3 Å². The number of carbonyl (C=O) groups is 3. The Balaban J connectivity index is 3.94. The Kier molecular flexibility index (Phi) is 69.1. The summed E-state index contributed by atoms with van der Waals surface area (Å²) in [7, 11) is 0. The maximum atomic E-state index is 12.9. The van der Waals surface area contributed by atoms with E-state index >= 15 is 0 Å². The van der Waals surface area contributed by atoms with Gasteiger partial charge in [-0.1, -0.05) is 372 Å². The standard InChI is InChI=1S/C76H142O6/c1-4-7-10-13-16-18-20-22-24-26-28-30-32-34-35-36-37-38-39-40-41-43-44-46-48-50-52-54-56-58-60-63-66-69-75(78)81-72-73(71-80-74(77)68-65-62-15-12-9-6-3)82-76(79)70-67-64-61-59-57-55-53-51-49-47-45-42-33-31-29-27-25-23-21-19-17-14-11-8-5-2/h21,23,27,29,33,42,73H,4-20,22,24-26,28,30-32,34-41,43-72H2,1-3H3/b23-21-,29-27-,42-33-. The van der Waals surface area contributed by atoms with Gasteiger partial charge < -0.3 is 14.2 Å². The van der Waals surface area contributed by atoms with Gasteiger partial charge in [0.2, 0.25) is 0 Å². The molecular weight excluding hydrogens is 1010 g/mol. The average molecular weight is 1150 g/mol. The van der Waals surface area contributed by atoms with Crippen LogP contribution >= 0.6 is 0 Å². The van der Waals surface area contributed by atoms with Gasteiger partial charge in [-0.2, -0.15) is 0 Å². The maximum absolute atomic E-state index is 12.9. The number of rotatable bonds is 69. The summed E-state index contributed by atoms with van der Waals surface area (Å²) in [5.41, 5.74) is 0. The predicted octanol–water partition coefficient (Wildman–Crippen LogP) is 25.5. The normalized spacial score (nSPS) is 12.2. The molecule has 6 heteroatoms. The van der Waals surface area contributed by atoms with E-state index in [0.29, 0.717) is 19.3 Å². The van der Waals surface area contributed by atoms with E-state index in [9.17, 15) is 14.4 Å². The summed E-state index contributed by atoms with van der Waals surface area (Å²) in [6, 6.07) is 0. The first-order chi connectivity index (χ1) is 40.5. The molecule has 0 amide bonds. The Morgan fingerprint density at radius 1 is 0.244 bits per heavy atom. The van der Waals surface area contributed by atoms with Crippen molar-refractivity contribution in [3.05, 3.63) is 36.5 Å². The summed E-state index contributed by atoms with van der Waals surface area (Å²) < 4.78 is 16.9. The molecule has 0 N–H and O–H groups in total. The summed E-state index contributed by atoms with van der Waals surface area (Å²) >= 11 is 0. The van der Waals surface area contributed by atoms with Crippen molar-refractivity contribution in [3.8, 4) is 0 Å². The molecule has 0 aliphatic carbocycles. The van der Waals surface area contributed by atoms with Crippen molar-refractivity contribution in [3.63, 3.8) is 0 Å². The molecule has 6 nitrogen and oxygen atoms in total. The van der Waals surface area contributed by atoms with Gasteiger partial charge in [0.15, 0.2) is 6.10 Å². The number of allylic oxidation sites excluding steroid dienone is 6. The van der Waals surface area contributed by atoms with Crippen LogP contribution in [0, 0.1) is 0 Å². The fourth-order valence-corrected chi connectivity index (χ4v) is 11.3. The summed E-state index contributed by atoms with van der Waals surface area (Å²) in [6.45, 7) is 6.64. The van der Waals surface area contributed by atoms with E-state index in [0.717, 1.165) is 70.6 Å². The second kappa shape index (κ2) is 71.1. The van der Waals surface area contributed by atoms with Crippen LogP contribution in [-0.2, 0) is 28.6 Å². The minimum absolute atomic E-state index is 0.0690. The van der Waals surface area contributed by atoms with Crippen LogP contribution in [0.25, 0.3) is 0 Å². The van der Waals surface area contributed by atoms with Crippen molar-refractivity contribution in [1.29, 1.82) is 0 Å². The average Bonchev–Trinajstić information content (AvgIpc) is 3.47. The molecule has 0 aromatic carbocycles. The third-order valence-electron chi connectivity index (χ3n) is 16.9. The van der Waals surface area contributed by atoms with Gasteiger partial charge in [-0.25, -0.2) is 0 Å². The summed E-state index contributed by atoms with van der Waals surface area (Å²) in [5, 5.41) is 0. The molecule has 0 radical (unpaired) electrons. The molecule has 1 atom stereocenters. The third kappa shape index (κ3) is 68.4. The highest BCUT2D eigenvalue weighted by Gasteiger charge is 2.19. The maximum Gasteiger partial charge on any atom is 0.306 e. The van der Waals surface area contributed by atoms with Crippen LogP contribution in [0.3, 0.4) is 0 Å². The smallest absolute Gasteiger partial charge is 0.306 e. The molecule has 482 valence electrons. The molecule has 0 heterocycles. The van der Waals surface area contributed by atoms with E-state index in [1.165, 1.54) is 302 Å². The zero-order valence-electron chi connectivity index (χ0n) is 55.5. The van der Waals surface area contributed by atoms with Gasteiger partial charge in [-0.05, 0) is 57.8 Å². The lowest BCUT2D eigenvalue weighted by Gasteiger charge is -2.18. The molecule has 0 rings (SSSR count). The first-order valence-corrected chi connectivity index (χ1v) is 37.0.